The van der Waals surface area contributed by atoms with Crippen LogP contribution in [0.5, 0.6) is 0 Å². The summed E-state index contributed by atoms with van der Waals surface area (Å²) in [6.45, 7) is 3.58. The van der Waals surface area contributed by atoms with Crippen LogP contribution in [0.3, 0.4) is 0 Å². The lowest BCUT2D eigenvalue weighted by Crippen LogP contribution is -2.49. The number of nitrogens with zero attached hydrogens (tertiary/aromatic N) is 1. The van der Waals surface area contributed by atoms with Gasteiger partial charge >= 0.3 is 5.97 Å². The molecule has 0 spiro atoms. The van der Waals surface area contributed by atoms with E-state index in [1.165, 1.54) is 4.90 Å². The molecule has 1 saturated heterocycles. The molecule has 7 heteroatoms. The quantitative estimate of drug-likeness (QED) is 0.686. The van der Waals surface area contributed by atoms with Crippen LogP contribution in [0.15, 0.2) is 0 Å². The Balaban J connectivity index is 2.42. The maximum absolute atomic E-state index is 12.1. The number of hydrogen-bond donors (Lipinski definition) is 2. The molecule has 0 radical (unpaired) electrons. The Morgan fingerprint density at radius 3 is 2.75 bits per heavy atom. The second-order valence-corrected chi connectivity index (χ2v) is 4.76. The predicted molar refractivity (Wildman–Crippen MR) is 71.1 cm³/mol. The monoisotopic (exact) mass is 286 g/mol. The molecule has 2 amide bonds. The summed E-state index contributed by atoms with van der Waals surface area (Å²) in [6, 6.07) is -0.438. The maximum Gasteiger partial charge on any atom is 0.305 e. The molecule has 20 heavy (non-hydrogen) atoms. The highest BCUT2D eigenvalue weighted by molar-refractivity contribution is 5.84. The van der Waals surface area contributed by atoms with Gasteiger partial charge in [-0.15, -0.1) is 0 Å². The highest BCUT2D eigenvalue weighted by Crippen LogP contribution is 2.13. The van der Waals surface area contributed by atoms with Gasteiger partial charge in [0.1, 0.15) is 0 Å². The van der Waals surface area contributed by atoms with Crippen LogP contribution in [-0.4, -0.2) is 60.1 Å². The average molecular weight is 286 g/mol. The second-order valence-electron chi connectivity index (χ2n) is 4.76. The van der Waals surface area contributed by atoms with Crippen LogP contribution < -0.4 is 5.32 Å². The van der Waals surface area contributed by atoms with Crippen molar-refractivity contribution in [3.05, 3.63) is 0 Å². The van der Waals surface area contributed by atoms with Crippen molar-refractivity contribution in [1.82, 2.24) is 10.2 Å². The standard InChI is InChI=1S/C13H22N2O5/c1-2-5-14-11(16)3-4-12(17)15-6-7-20-9-10(15)8-13(18)19/h10H,2-9H2,1H3,(H,14,16)(H,18,19). The van der Waals surface area contributed by atoms with Gasteiger partial charge in [0.05, 0.1) is 25.7 Å². The number of carboxylic acids is 1. The number of rotatable bonds is 7. The Morgan fingerprint density at radius 2 is 2.10 bits per heavy atom. The molecule has 0 aromatic carbocycles. The van der Waals surface area contributed by atoms with E-state index in [0.29, 0.717) is 19.7 Å². The molecule has 1 rings (SSSR count). The van der Waals surface area contributed by atoms with Crippen LogP contribution in [0.2, 0.25) is 0 Å². The maximum atomic E-state index is 12.1. The number of carbonyl (C=O) groups is 3. The van der Waals surface area contributed by atoms with Crippen molar-refractivity contribution < 1.29 is 24.2 Å². The summed E-state index contributed by atoms with van der Waals surface area (Å²) >= 11 is 0. The Bertz CT molecular complexity index is 359. The van der Waals surface area contributed by atoms with E-state index in [4.69, 9.17) is 9.84 Å². The third-order valence-corrected chi connectivity index (χ3v) is 3.10. The summed E-state index contributed by atoms with van der Waals surface area (Å²) in [5, 5.41) is 11.5. The summed E-state index contributed by atoms with van der Waals surface area (Å²) in [5.41, 5.74) is 0. The molecule has 0 aromatic rings. The first-order chi connectivity index (χ1) is 9.54. The highest BCUT2D eigenvalue weighted by atomic mass is 16.5. The minimum Gasteiger partial charge on any atom is -0.481 e. The number of amides is 2. The zero-order chi connectivity index (χ0) is 15.0. The molecular formula is C13H22N2O5. The number of carboxylic acid groups (broad SMARTS) is 1. The zero-order valence-corrected chi connectivity index (χ0v) is 11.8. The van der Waals surface area contributed by atoms with E-state index in [9.17, 15) is 14.4 Å². The molecule has 7 nitrogen and oxygen atoms in total. The molecule has 1 aliphatic rings. The van der Waals surface area contributed by atoms with E-state index in [-0.39, 0.29) is 37.7 Å². The van der Waals surface area contributed by atoms with Gasteiger partial charge in [-0.3, -0.25) is 14.4 Å². The number of morpholine rings is 1. The highest BCUT2D eigenvalue weighted by Gasteiger charge is 2.28. The van der Waals surface area contributed by atoms with Gasteiger partial charge in [0.15, 0.2) is 0 Å². The molecule has 1 fully saturated rings. The van der Waals surface area contributed by atoms with Crippen molar-refractivity contribution in [3.8, 4) is 0 Å². The van der Waals surface area contributed by atoms with Gasteiger partial charge in [-0.05, 0) is 6.42 Å². The topological polar surface area (TPSA) is 95.9 Å². The van der Waals surface area contributed by atoms with Gasteiger partial charge in [0.25, 0.3) is 0 Å². The van der Waals surface area contributed by atoms with Crippen LogP contribution in [0, 0.1) is 0 Å². The fraction of sp³-hybridized carbons (Fsp3) is 0.769. The van der Waals surface area contributed by atoms with Crippen molar-refractivity contribution in [3.63, 3.8) is 0 Å². The average Bonchev–Trinajstić information content (AvgIpc) is 2.42. The van der Waals surface area contributed by atoms with E-state index in [0.717, 1.165) is 6.42 Å². The van der Waals surface area contributed by atoms with Crippen molar-refractivity contribution in [2.75, 3.05) is 26.3 Å². The first-order valence-corrected chi connectivity index (χ1v) is 6.90. The third-order valence-electron chi connectivity index (χ3n) is 3.10. The van der Waals surface area contributed by atoms with Crippen molar-refractivity contribution in [2.45, 2.75) is 38.6 Å². The Hall–Kier alpha value is -1.63. The molecule has 114 valence electrons. The van der Waals surface area contributed by atoms with E-state index >= 15 is 0 Å². The van der Waals surface area contributed by atoms with Crippen LogP contribution >= 0.6 is 0 Å². The molecule has 1 aliphatic heterocycles. The Morgan fingerprint density at radius 1 is 1.35 bits per heavy atom. The van der Waals surface area contributed by atoms with Gasteiger partial charge < -0.3 is 20.1 Å². The molecule has 0 saturated carbocycles. The van der Waals surface area contributed by atoms with Gasteiger partial charge in [-0.25, -0.2) is 0 Å². The lowest BCUT2D eigenvalue weighted by molar-refractivity contribution is -0.147. The molecule has 0 bridgehead atoms. The second kappa shape index (κ2) is 8.52. The zero-order valence-electron chi connectivity index (χ0n) is 11.8. The normalized spacial score (nSPS) is 18.6. The van der Waals surface area contributed by atoms with Crippen LogP contribution in [0.25, 0.3) is 0 Å². The predicted octanol–water partition coefficient (Wildman–Crippen LogP) is -0.00510. The molecule has 2 N–H and O–H groups in total. The summed E-state index contributed by atoms with van der Waals surface area (Å²) in [7, 11) is 0. The largest absolute Gasteiger partial charge is 0.481 e. The van der Waals surface area contributed by atoms with Gasteiger partial charge in [0, 0.05) is 25.9 Å². The van der Waals surface area contributed by atoms with Crippen LogP contribution in [-0.2, 0) is 19.1 Å². The SMILES string of the molecule is CCCNC(=O)CCC(=O)N1CCOCC1CC(=O)O. The molecule has 0 aromatic heterocycles. The summed E-state index contributed by atoms with van der Waals surface area (Å²) in [5.74, 6) is -1.30. The molecule has 0 aliphatic carbocycles. The number of carbonyl (C=O) groups excluding carboxylic acids is 2. The molecular weight excluding hydrogens is 264 g/mol. The Kier molecular flexibility index (Phi) is 7.00. The first-order valence-electron chi connectivity index (χ1n) is 6.90. The first kappa shape index (κ1) is 16.4. The summed E-state index contributed by atoms with van der Waals surface area (Å²) in [6.07, 6.45) is 0.958. The third kappa shape index (κ3) is 5.56. The van der Waals surface area contributed by atoms with Gasteiger partial charge in [0.2, 0.25) is 11.8 Å². The van der Waals surface area contributed by atoms with E-state index in [1.54, 1.807) is 0 Å². The number of ether oxygens (including phenoxy) is 1. The van der Waals surface area contributed by atoms with E-state index in [2.05, 4.69) is 5.32 Å². The van der Waals surface area contributed by atoms with Crippen molar-refractivity contribution in [2.24, 2.45) is 0 Å². The number of aliphatic carboxylic acids is 1. The number of nitrogens with one attached hydrogen (secondary N) is 1. The van der Waals surface area contributed by atoms with Gasteiger partial charge in [-0.1, -0.05) is 6.92 Å². The Labute approximate surface area is 118 Å². The molecule has 1 atom stereocenters. The summed E-state index contributed by atoms with van der Waals surface area (Å²) < 4.78 is 5.21. The lowest BCUT2D eigenvalue weighted by atomic mass is 10.1. The fourth-order valence-electron chi connectivity index (χ4n) is 2.07. The smallest absolute Gasteiger partial charge is 0.305 e. The minimum atomic E-state index is -0.959. The van der Waals surface area contributed by atoms with Crippen LogP contribution in [0.1, 0.15) is 32.6 Å². The van der Waals surface area contributed by atoms with Gasteiger partial charge in [-0.2, -0.15) is 0 Å². The lowest BCUT2D eigenvalue weighted by Gasteiger charge is -2.34. The number of hydrogen-bond acceptors (Lipinski definition) is 4. The molecule has 1 heterocycles. The molecule has 1 unspecified atom stereocenters. The fourth-order valence-corrected chi connectivity index (χ4v) is 2.07. The van der Waals surface area contributed by atoms with Crippen LogP contribution in [0.4, 0.5) is 0 Å². The van der Waals surface area contributed by atoms with Crippen molar-refractivity contribution >= 4 is 17.8 Å². The van der Waals surface area contributed by atoms with Crippen molar-refractivity contribution in [1.29, 1.82) is 0 Å². The summed E-state index contributed by atoms with van der Waals surface area (Å²) in [4.78, 5) is 35.8. The van der Waals surface area contributed by atoms with E-state index in [1.807, 2.05) is 6.92 Å². The van der Waals surface area contributed by atoms with E-state index < -0.39 is 12.0 Å². The minimum absolute atomic E-state index is 0.103.